The van der Waals surface area contributed by atoms with Crippen LogP contribution < -0.4 is 10.1 Å². The van der Waals surface area contributed by atoms with Crippen LogP contribution in [0.15, 0.2) is 23.1 Å². The summed E-state index contributed by atoms with van der Waals surface area (Å²) < 4.78 is 5.27. The molecule has 1 aromatic rings. The fraction of sp³-hybridized carbons (Fsp3) is 0.385. The first-order valence-electron chi connectivity index (χ1n) is 5.13. The van der Waals surface area contributed by atoms with Gasteiger partial charge in [0.15, 0.2) is 0 Å². The number of benzene rings is 1. The summed E-state index contributed by atoms with van der Waals surface area (Å²) in [7, 11) is 1.70. The van der Waals surface area contributed by atoms with Crippen molar-refractivity contribution in [1.29, 1.82) is 0 Å². The van der Waals surface area contributed by atoms with Crippen LogP contribution >= 0.6 is 11.8 Å². The molecule has 0 saturated heterocycles. The molecule has 0 amide bonds. The van der Waals surface area contributed by atoms with Gasteiger partial charge < -0.3 is 10.1 Å². The van der Waals surface area contributed by atoms with Gasteiger partial charge >= 0.3 is 0 Å². The minimum atomic E-state index is 0.733. The average Bonchev–Trinajstić information content (AvgIpc) is 2.34. The Balaban J connectivity index is 2.63. The molecule has 0 aliphatic carbocycles. The van der Waals surface area contributed by atoms with E-state index in [2.05, 4.69) is 35.5 Å². The lowest BCUT2D eigenvalue weighted by atomic mass is 10.2. The third-order valence-electron chi connectivity index (χ3n) is 2.17. The first-order valence-corrected chi connectivity index (χ1v) is 6.35. The molecule has 0 bridgehead atoms. The zero-order chi connectivity index (χ0) is 11.8. The molecule has 0 aliphatic rings. The summed E-state index contributed by atoms with van der Waals surface area (Å²) in [5.41, 5.74) is 1.25. The summed E-state index contributed by atoms with van der Waals surface area (Å²) in [5.74, 6) is 6.77. The van der Waals surface area contributed by atoms with Crippen molar-refractivity contribution in [2.75, 3.05) is 19.9 Å². The Kier molecular flexibility index (Phi) is 5.84. The largest absolute Gasteiger partial charge is 0.496 e. The predicted molar refractivity (Wildman–Crippen MR) is 69.9 cm³/mol. The number of thioether (sulfide) groups is 1. The van der Waals surface area contributed by atoms with Gasteiger partial charge in [0.25, 0.3) is 0 Å². The maximum atomic E-state index is 5.27. The van der Waals surface area contributed by atoms with Crippen LogP contribution in [0.4, 0.5) is 0 Å². The van der Waals surface area contributed by atoms with Gasteiger partial charge in [0.1, 0.15) is 5.75 Å². The Morgan fingerprint density at radius 1 is 1.44 bits per heavy atom. The second-order valence-electron chi connectivity index (χ2n) is 3.22. The van der Waals surface area contributed by atoms with E-state index in [1.807, 2.05) is 13.0 Å². The first kappa shape index (κ1) is 13.0. The molecule has 1 rings (SSSR count). The number of rotatable bonds is 5. The second-order valence-corrected chi connectivity index (χ2v) is 4.07. The Hall–Kier alpha value is -1.11. The maximum absolute atomic E-state index is 5.27. The SMILES string of the molecule is CC#CCNCc1ccc(OC)c(SC)c1. The minimum Gasteiger partial charge on any atom is -0.496 e. The third kappa shape index (κ3) is 3.80. The van der Waals surface area contributed by atoms with Gasteiger partial charge in [-0.2, -0.15) is 0 Å². The second kappa shape index (κ2) is 7.21. The maximum Gasteiger partial charge on any atom is 0.132 e. The average molecular weight is 235 g/mol. The summed E-state index contributed by atoms with van der Waals surface area (Å²) >= 11 is 1.70. The molecule has 0 radical (unpaired) electrons. The molecule has 0 aliphatic heterocycles. The molecule has 2 nitrogen and oxygen atoms in total. The number of ether oxygens (including phenoxy) is 1. The highest BCUT2D eigenvalue weighted by Gasteiger charge is 2.02. The van der Waals surface area contributed by atoms with E-state index in [4.69, 9.17) is 4.74 Å². The highest BCUT2D eigenvalue weighted by Crippen LogP contribution is 2.28. The normalized spacial score (nSPS) is 9.44. The highest BCUT2D eigenvalue weighted by molar-refractivity contribution is 7.98. The van der Waals surface area contributed by atoms with Crippen LogP contribution in [0.25, 0.3) is 0 Å². The minimum absolute atomic E-state index is 0.733. The Bertz CT molecular complexity index is 393. The van der Waals surface area contributed by atoms with Crippen LogP contribution in [0.1, 0.15) is 12.5 Å². The summed E-state index contributed by atoms with van der Waals surface area (Å²) in [6.07, 6.45) is 2.05. The molecule has 0 fully saturated rings. The highest BCUT2D eigenvalue weighted by atomic mass is 32.2. The molecular weight excluding hydrogens is 218 g/mol. The number of nitrogens with one attached hydrogen (secondary N) is 1. The van der Waals surface area contributed by atoms with Crippen molar-refractivity contribution in [2.45, 2.75) is 18.4 Å². The van der Waals surface area contributed by atoms with Crippen molar-refractivity contribution in [1.82, 2.24) is 5.32 Å². The lowest BCUT2D eigenvalue weighted by molar-refractivity contribution is 0.404. The fourth-order valence-corrected chi connectivity index (χ4v) is 1.97. The Labute approximate surface area is 102 Å². The van der Waals surface area contributed by atoms with E-state index in [0.717, 1.165) is 18.8 Å². The van der Waals surface area contributed by atoms with Crippen molar-refractivity contribution < 1.29 is 4.74 Å². The van der Waals surface area contributed by atoms with Gasteiger partial charge in [-0.3, -0.25) is 0 Å². The fourth-order valence-electron chi connectivity index (χ4n) is 1.35. The van der Waals surface area contributed by atoms with Gasteiger partial charge in [-0.1, -0.05) is 12.0 Å². The predicted octanol–water partition coefficient (Wildman–Crippen LogP) is 2.53. The Morgan fingerprint density at radius 2 is 2.25 bits per heavy atom. The summed E-state index contributed by atoms with van der Waals surface area (Å²) in [6.45, 7) is 3.42. The van der Waals surface area contributed by atoms with Crippen molar-refractivity contribution in [2.24, 2.45) is 0 Å². The zero-order valence-corrected chi connectivity index (χ0v) is 10.8. The van der Waals surface area contributed by atoms with E-state index >= 15 is 0 Å². The van der Waals surface area contributed by atoms with Gasteiger partial charge in [-0.05, 0) is 30.9 Å². The summed E-state index contributed by atoms with van der Waals surface area (Å²) in [5, 5.41) is 3.27. The van der Waals surface area contributed by atoms with Crippen LogP contribution in [0, 0.1) is 11.8 Å². The molecule has 86 valence electrons. The first-order chi connectivity index (χ1) is 7.81. The van der Waals surface area contributed by atoms with Crippen LogP contribution in [0.2, 0.25) is 0 Å². The van der Waals surface area contributed by atoms with Gasteiger partial charge in [-0.25, -0.2) is 0 Å². The molecule has 1 aromatic carbocycles. The standard InChI is InChI=1S/C13H17NOS/c1-4-5-8-14-10-11-6-7-12(15-2)13(9-11)16-3/h6-7,9,14H,8,10H2,1-3H3. The molecule has 0 atom stereocenters. The molecule has 0 unspecified atom stereocenters. The quantitative estimate of drug-likeness (QED) is 0.481. The van der Waals surface area contributed by atoms with E-state index in [1.165, 1.54) is 10.5 Å². The number of hydrogen-bond donors (Lipinski definition) is 1. The van der Waals surface area contributed by atoms with Gasteiger partial charge in [0.05, 0.1) is 13.7 Å². The lowest BCUT2D eigenvalue weighted by Gasteiger charge is -2.08. The van der Waals surface area contributed by atoms with Crippen LogP contribution in [-0.2, 0) is 6.54 Å². The van der Waals surface area contributed by atoms with Crippen molar-refractivity contribution in [3.05, 3.63) is 23.8 Å². The zero-order valence-electron chi connectivity index (χ0n) is 9.96. The monoisotopic (exact) mass is 235 g/mol. The molecular formula is C13H17NOS. The number of methoxy groups -OCH3 is 1. The molecule has 16 heavy (non-hydrogen) atoms. The van der Waals surface area contributed by atoms with Gasteiger partial charge in [0.2, 0.25) is 0 Å². The van der Waals surface area contributed by atoms with E-state index in [0.29, 0.717) is 0 Å². The van der Waals surface area contributed by atoms with E-state index in [-0.39, 0.29) is 0 Å². The van der Waals surface area contributed by atoms with Crippen molar-refractivity contribution in [3.8, 4) is 17.6 Å². The lowest BCUT2D eigenvalue weighted by Crippen LogP contribution is -2.13. The molecule has 3 heteroatoms. The van der Waals surface area contributed by atoms with E-state index in [9.17, 15) is 0 Å². The van der Waals surface area contributed by atoms with E-state index < -0.39 is 0 Å². The van der Waals surface area contributed by atoms with Gasteiger partial charge in [-0.15, -0.1) is 17.7 Å². The van der Waals surface area contributed by atoms with Crippen LogP contribution in [-0.4, -0.2) is 19.9 Å². The van der Waals surface area contributed by atoms with Crippen molar-refractivity contribution in [3.63, 3.8) is 0 Å². The number of hydrogen-bond acceptors (Lipinski definition) is 3. The van der Waals surface area contributed by atoms with Crippen LogP contribution in [0.5, 0.6) is 5.75 Å². The summed E-state index contributed by atoms with van der Waals surface area (Å²) in [4.78, 5) is 1.17. The molecule has 0 aromatic heterocycles. The third-order valence-corrected chi connectivity index (χ3v) is 2.93. The molecule has 1 N–H and O–H groups in total. The molecule has 0 saturated carbocycles. The topological polar surface area (TPSA) is 21.3 Å². The Morgan fingerprint density at radius 3 is 2.88 bits per heavy atom. The summed E-state index contributed by atoms with van der Waals surface area (Å²) in [6, 6.07) is 6.23. The van der Waals surface area contributed by atoms with Crippen molar-refractivity contribution >= 4 is 11.8 Å². The molecule has 0 spiro atoms. The van der Waals surface area contributed by atoms with Crippen LogP contribution in [0.3, 0.4) is 0 Å². The smallest absolute Gasteiger partial charge is 0.132 e. The van der Waals surface area contributed by atoms with Gasteiger partial charge in [0, 0.05) is 11.4 Å². The molecule has 0 heterocycles. The van der Waals surface area contributed by atoms with E-state index in [1.54, 1.807) is 18.9 Å².